The van der Waals surface area contributed by atoms with Crippen molar-refractivity contribution in [1.29, 1.82) is 0 Å². The Morgan fingerprint density at radius 1 is 0.929 bits per heavy atom. The SMILES string of the molecule is CCn1c(CCCc2ccc(OC(C)(C)C(=O)NS(=O)(=O)C(F)(F)F)cc2)nn(Cc2ccc(C(C)(C)C)cc2)c1=O. The van der Waals surface area contributed by atoms with E-state index in [4.69, 9.17) is 4.74 Å². The third kappa shape index (κ3) is 8.02. The Hall–Kier alpha value is -3.61. The van der Waals surface area contributed by atoms with Crippen LogP contribution in [0, 0.1) is 0 Å². The number of carbonyl (C=O) groups excluding carboxylic acids is 1. The number of amides is 1. The molecule has 0 spiro atoms. The quantitative estimate of drug-likeness (QED) is 0.337. The summed E-state index contributed by atoms with van der Waals surface area (Å²) in [5.74, 6) is -0.583. The fraction of sp³-hybridized carbons (Fsp3) is 0.483. The van der Waals surface area contributed by atoms with Gasteiger partial charge in [-0.3, -0.25) is 9.36 Å². The Bertz CT molecular complexity index is 1550. The standard InChI is InChI=1S/C29H37F3N4O5S/c1-7-35-24(33-36(26(35)38)19-21-11-15-22(16-12-21)27(2,3)4)10-8-9-20-13-17-23(18-14-20)41-28(5,6)25(37)34-42(39,40)29(30,31)32/h11-18H,7-10,19H2,1-6H3,(H,34,37). The summed E-state index contributed by atoms with van der Waals surface area (Å²) in [4.78, 5) is 25.1. The van der Waals surface area contributed by atoms with E-state index in [2.05, 4.69) is 38.0 Å². The van der Waals surface area contributed by atoms with E-state index in [-0.39, 0.29) is 16.9 Å². The lowest BCUT2D eigenvalue weighted by Crippen LogP contribution is -2.51. The molecule has 0 fully saturated rings. The summed E-state index contributed by atoms with van der Waals surface area (Å²) in [6, 6.07) is 14.7. The average Bonchev–Trinajstić information content (AvgIpc) is 3.17. The normalized spacial score (nSPS) is 12.8. The average molecular weight is 611 g/mol. The highest BCUT2D eigenvalue weighted by Crippen LogP contribution is 2.25. The van der Waals surface area contributed by atoms with E-state index >= 15 is 0 Å². The van der Waals surface area contributed by atoms with Crippen molar-refractivity contribution in [3.05, 3.63) is 81.5 Å². The molecule has 230 valence electrons. The second-order valence-electron chi connectivity index (χ2n) is 11.5. The molecule has 0 aliphatic rings. The molecule has 0 aliphatic carbocycles. The molecule has 9 nitrogen and oxygen atoms in total. The van der Waals surface area contributed by atoms with Gasteiger partial charge in [0.15, 0.2) is 5.60 Å². The molecule has 42 heavy (non-hydrogen) atoms. The highest BCUT2D eigenvalue weighted by atomic mass is 32.2. The number of hydrogen-bond donors (Lipinski definition) is 1. The number of nitrogens with zero attached hydrogens (tertiary/aromatic N) is 3. The van der Waals surface area contributed by atoms with Gasteiger partial charge in [0.1, 0.15) is 11.6 Å². The zero-order valence-electron chi connectivity index (χ0n) is 24.6. The lowest BCUT2D eigenvalue weighted by Gasteiger charge is -2.25. The molecule has 0 saturated heterocycles. The predicted molar refractivity (Wildman–Crippen MR) is 153 cm³/mol. The monoisotopic (exact) mass is 610 g/mol. The first-order valence-corrected chi connectivity index (χ1v) is 15.0. The van der Waals surface area contributed by atoms with E-state index < -0.39 is 27.0 Å². The molecular formula is C29H37F3N4O5S. The third-order valence-electron chi connectivity index (χ3n) is 6.71. The van der Waals surface area contributed by atoms with Crippen LogP contribution in [0.3, 0.4) is 0 Å². The number of ether oxygens (including phenoxy) is 1. The van der Waals surface area contributed by atoms with E-state index in [1.165, 1.54) is 10.2 Å². The fourth-order valence-corrected chi connectivity index (χ4v) is 4.80. The van der Waals surface area contributed by atoms with Gasteiger partial charge in [0.2, 0.25) is 0 Å². The number of nitrogens with one attached hydrogen (secondary N) is 1. The van der Waals surface area contributed by atoms with Crippen molar-refractivity contribution >= 4 is 15.9 Å². The molecule has 2 aromatic carbocycles. The minimum atomic E-state index is -5.85. The Morgan fingerprint density at radius 3 is 2.02 bits per heavy atom. The number of alkyl halides is 3. The summed E-state index contributed by atoms with van der Waals surface area (Å²) in [6.45, 7) is 11.5. The van der Waals surface area contributed by atoms with Crippen molar-refractivity contribution in [2.45, 2.75) is 90.4 Å². The molecule has 3 aromatic rings. The summed E-state index contributed by atoms with van der Waals surface area (Å²) in [5, 5.41) is 4.59. The van der Waals surface area contributed by atoms with Crippen LogP contribution in [0.5, 0.6) is 5.75 Å². The van der Waals surface area contributed by atoms with Crippen molar-refractivity contribution in [2.24, 2.45) is 0 Å². The maximum atomic E-state index is 12.9. The second kappa shape index (κ2) is 12.3. The summed E-state index contributed by atoms with van der Waals surface area (Å²) in [6.07, 6.45) is 1.91. The van der Waals surface area contributed by atoms with Crippen LogP contribution in [0.1, 0.15) is 70.5 Å². The molecule has 1 heterocycles. The smallest absolute Gasteiger partial charge is 0.478 e. The molecule has 3 rings (SSSR count). The van der Waals surface area contributed by atoms with Gasteiger partial charge in [-0.15, -0.1) is 0 Å². The summed E-state index contributed by atoms with van der Waals surface area (Å²) in [7, 11) is -5.85. The molecule has 13 heteroatoms. The first-order valence-electron chi connectivity index (χ1n) is 13.5. The zero-order valence-corrected chi connectivity index (χ0v) is 25.4. The van der Waals surface area contributed by atoms with Crippen LogP contribution in [0.15, 0.2) is 53.3 Å². The molecule has 0 saturated carbocycles. The fourth-order valence-electron chi connectivity index (χ4n) is 4.19. The van der Waals surface area contributed by atoms with Gasteiger partial charge < -0.3 is 4.74 Å². The van der Waals surface area contributed by atoms with Gasteiger partial charge in [-0.1, -0.05) is 57.2 Å². The molecule has 0 atom stereocenters. The molecule has 1 N–H and O–H groups in total. The maximum absolute atomic E-state index is 12.9. The lowest BCUT2D eigenvalue weighted by molar-refractivity contribution is -0.132. The van der Waals surface area contributed by atoms with E-state index in [0.29, 0.717) is 38.2 Å². The Morgan fingerprint density at radius 2 is 1.50 bits per heavy atom. The largest absolute Gasteiger partial charge is 0.516 e. The van der Waals surface area contributed by atoms with Crippen LogP contribution < -0.4 is 15.1 Å². The Kier molecular flexibility index (Phi) is 9.65. The van der Waals surface area contributed by atoms with Crippen molar-refractivity contribution in [3.8, 4) is 5.75 Å². The molecule has 1 amide bonds. The molecular weight excluding hydrogens is 573 g/mol. The number of carbonyl (C=O) groups is 1. The Labute approximate surface area is 243 Å². The number of hydrogen-bond acceptors (Lipinski definition) is 6. The molecule has 0 bridgehead atoms. The van der Waals surface area contributed by atoms with E-state index in [9.17, 15) is 31.2 Å². The van der Waals surface area contributed by atoms with E-state index in [0.717, 1.165) is 29.7 Å². The highest BCUT2D eigenvalue weighted by molar-refractivity contribution is 7.90. The topological polar surface area (TPSA) is 112 Å². The molecule has 0 aliphatic heterocycles. The van der Waals surface area contributed by atoms with Gasteiger partial charge >= 0.3 is 21.2 Å². The van der Waals surface area contributed by atoms with Crippen molar-refractivity contribution < 1.29 is 31.1 Å². The van der Waals surface area contributed by atoms with Gasteiger partial charge in [-0.2, -0.15) is 26.7 Å². The van der Waals surface area contributed by atoms with Gasteiger partial charge in [0.25, 0.3) is 5.91 Å². The third-order valence-corrected chi connectivity index (χ3v) is 7.77. The minimum Gasteiger partial charge on any atom is -0.478 e. The van der Waals surface area contributed by atoms with E-state index in [1.54, 1.807) is 28.8 Å². The molecule has 1 aromatic heterocycles. The van der Waals surface area contributed by atoms with Crippen LogP contribution in [0.4, 0.5) is 13.2 Å². The van der Waals surface area contributed by atoms with Crippen molar-refractivity contribution in [3.63, 3.8) is 0 Å². The minimum absolute atomic E-state index is 0.0395. The highest BCUT2D eigenvalue weighted by Gasteiger charge is 2.49. The van der Waals surface area contributed by atoms with Gasteiger partial charge in [0, 0.05) is 13.0 Å². The van der Waals surface area contributed by atoms with Gasteiger partial charge in [-0.25, -0.2) is 14.2 Å². The van der Waals surface area contributed by atoms with E-state index in [1.807, 2.05) is 19.1 Å². The predicted octanol–water partition coefficient (Wildman–Crippen LogP) is 4.71. The number of benzene rings is 2. The van der Waals surface area contributed by atoms with Crippen LogP contribution in [-0.4, -0.2) is 39.8 Å². The number of aromatic nitrogens is 3. The lowest BCUT2D eigenvalue weighted by atomic mass is 9.87. The molecule has 0 radical (unpaired) electrons. The zero-order chi connectivity index (χ0) is 31.5. The number of halogens is 3. The van der Waals surface area contributed by atoms with Crippen LogP contribution >= 0.6 is 0 Å². The van der Waals surface area contributed by atoms with Crippen LogP contribution in [-0.2, 0) is 46.2 Å². The Balaban J connectivity index is 1.60. The van der Waals surface area contributed by atoms with Crippen LogP contribution in [0.25, 0.3) is 0 Å². The summed E-state index contributed by atoms with van der Waals surface area (Å²) < 4.78 is 69.9. The summed E-state index contributed by atoms with van der Waals surface area (Å²) in [5.41, 5.74) is -4.51. The first-order chi connectivity index (χ1) is 19.3. The van der Waals surface area contributed by atoms with Crippen molar-refractivity contribution in [1.82, 2.24) is 19.1 Å². The van der Waals surface area contributed by atoms with Crippen molar-refractivity contribution in [2.75, 3.05) is 0 Å². The van der Waals surface area contributed by atoms with Crippen LogP contribution in [0.2, 0.25) is 0 Å². The number of sulfonamides is 1. The second-order valence-corrected chi connectivity index (χ2v) is 13.2. The molecule has 0 unspecified atom stereocenters. The first kappa shape index (κ1) is 32.9. The summed E-state index contributed by atoms with van der Waals surface area (Å²) >= 11 is 0. The van der Waals surface area contributed by atoms with Gasteiger partial charge in [0.05, 0.1) is 6.54 Å². The van der Waals surface area contributed by atoms with Gasteiger partial charge in [-0.05, 0) is 67.9 Å². The maximum Gasteiger partial charge on any atom is 0.516 e. The number of rotatable bonds is 11. The number of aryl methyl sites for hydroxylation is 2.